The lowest BCUT2D eigenvalue weighted by Gasteiger charge is -2.15. The van der Waals surface area contributed by atoms with Crippen molar-refractivity contribution in [1.82, 2.24) is 4.57 Å². The van der Waals surface area contributed by atoms with Gasteiger partial charge in [0.15, 0.2) is 0 Å². The molecule has 1 nitrogen and oxygen atoms in total. The van der Waals surface area contributed by atoms with Gasteiger partial charge in [0.2, 0.25) is 0 Å². The molecule has 0 N–H and O–H groups in total. The molecule has 0 aliphatic rings. The average molecular weight is 421 g/mol. The molecule has 0 bridgehead atoms. The van der Waals surface area contributed by atoms with Gasteiger partial charge in [-0.1, -0.05) is 19.8 Å². The molecule has 102 valence electrons. The fraction of sp³-hybridized carbons (Fsp3) is 0.429. The Morgan fingerprint density at radius 2 is 1.63 bits per heavy atom. The summed E-state index contributed by atoms with van der Waals surface area (Å²) in [5.41, 5.74) is 2.77. The van der Waals surface area contributed by atoms with Gasteiger partial charge in [0.25, 0.3) is 0 Å². The van der Waals surface area contributed by atoms with Crippen molar-refractivity contribution in [3.8, 4) is 0 Å². The highest BCUT2D eigenvalue weighted by atomic mass is 79.9. The van der Waals surface area contributed by atoms with E-state index in [2.05, 4.69) is 62.4 Å². The van der Waals surface area contributed by atoms with Crippen LogP contribution in [0.1, 0.15) is 39.2 Å². The molecule has 0 amide bonds. The lowest BCUT2D eigenvalue weighted by molar-refractivity contribution is 0.509. The van der Waals surface area contributed by atoms with Crippen molar-refractivity contribution in [3.05, 3.63) is 19.7 Å². The van der Waals surface area contributed by atoms with Gasteiger partial charge >= 0.3 is 0 Å². The molecule has 1 atom stereocenters. The zero-order valence-corrected chi connectivity index (χ0v) is 15.7. The van der Waals surface area contributed by atoms with Gasteiger partial charge in [-0.3, -0.25) is 0 Å². The molecule has 1 unspecified atom stereocenters. The van der Waals surface area contributed by atoms with Crippen LogP contribution in [0.15, 0.2) is 19.7 Å². The Kier molecular flexibility index (Phi) is 4.09. The molecule has 3 aromatic heterocycles. The SMILES string of the molecule is CCCCC(C)n1c2cc(Br)sc2c2sc(Br)cc21. The topological polar surface area (TPSA) is 4.93 Å². The van der Waals surface area contributed by atoms with Crippen molar-refractivity contribution >= 4 is 75.0 Å². The molecule has 3 rings (SSSR count). The predicted molar refractivity (Wildman–Crippen MR) is 94.8 cm³/mol. The van der Waals surface area contributed by atoms with Crippen LogP contribution in [0.5, 0.6) is 0 Å². The number of hydrogen-bond donors (Lipinski definition) is 0. The van der Waals surface area contributed by atoms with Crippen LogP contribution in [0.2, 0.25) is 0 Å². The fourth-order valence-electron chi connectivity index (χ4n) is 2.62. The van der Waals surface area contributed by atoms with Crippen molar-refractivity contribution < 1.29 is 0 Å². The summed E-state index contributed by atoms with van der Waals surface area (Å²) >= 11 is 10.9. The number of nitrogens with zero attached hydrogens (tertiary/aromatic N) is 1. The van der Waals surface area contributed by atoms with Crippen LogP contribution in [0.3, 0.4) is 0 Å². The summed E-state index contributed by atoms with van der Waals surface area (Å²) in [6.45, 7) is 4.60. The van der Waals surface area contributed by atoms with E-state index in [0.29, 0.717) is 6.04 Å². The number of hydrogen-bond acceptors (Lipinski definition) is 2. The van der Waals surface area contributed by atoms with E-state index in [0.717, 1.165) is 0 Å². The second kappa shape index (κ2) is 5.51. The highest BCUT2D eigenvalue weighted by Gasteiger charge is 2.19. The van der Waals surface area contributed by atoms with Gasteiger partial charge in [-0.2, -0.15) is 0 Å². The molecule has 0 aliphatic carbocycles. The smallest absolute Gasteiger partial charge is 0.0726 e. The second-order valence-corrected chi connectivity index (χ2v) is 9.75. The normalized spacial score (nSPS) is 13.7. The Morgan fingerprint density at radius 3 is 2.11 bits per heavy atom. The van der Waals surface area contributed by atoms with Gasteiger partial charge in [0.1, 0.15) is 0 Å². The maximum absolute atomic E-state index is 3.63. The van der Waals surface area contributed by atoms with Crippen LogP contribution in [-0.4, -0.2) is 4.57 Å². The highest BCUT2D eigenvalue weighted by molar-refractivity contribution is 9.11. The lowest BCUT2D eigenvalue weighted by Crippen LogP contribution is -2.03. The molecule has 0 fully saturated rings. The van der Waals surface area contributed by atoms with Crippen LogP contribution in [0, 0.1) is 0 Å². The molecular formula is C14H15Br2NS2. The van der Waals surface area contributed by atoms with E-state index in [-0.39, 0.29) is 0 Å². The lowest BCUT2D eigenvalue weighted by atomic mass is 10.1. The maximum Gasteiger partial charge on any atom is 0.0726 e. The first-order valence-electron chi connectivity index (χ1n) is 6.50. The van der Waals surface area contributed by atoms with Gasteiger partial charge in [-0.25, -0.2) is 0 Å². The molecule has 0 aliphatic heterocycles. The second-order valence-electron chi connectivity index (χ2n) is 4.89. The summed E-state index contributed by atoms with van der Waals surface area (Å²) in [7, 11) is 0. The highest BCUT2D eigenvalue weighted by Crippen LogP contribution is 2.44. The van der Waals surface area contributed by atoms with Gasteiger partial charge in [0.05, 0.1) is 28.0 Å². The monoisotopic (exact) mass is 419 g/mol. The summed E-state index contributed by atoms with van der Waals surface area (Å²) in [6.07, 6.45) is 3.80. The third kappa shape index (κ3) is 2.43. The Hall–Kier alpha value is 0.160. The Balaban J connectivity index is 2.21. The zero-order chi connectivity index (χ0) is 13.6. The first-order chi connectivity index (χ1) is 9.11. The van der Waals surface area contributed by atoms with Crippen molar-refractivity contribution in [3.63, 3.8) is 0 Å². The number of unbranched alkanes of at least 4 members (excludes halogenated alkanes) is 1. The zero-order valence-electron chi connectivity index (χ0n) is 10.9. The van der Waals surface area contributed by atoms with Crippen molar-refractivity contribution in [2.24, 2.45) is 0 Å². The van der Waals surface area contributed by atoms with E-state index in [1.807, 2.05) is 22.7 Å². The molecule has 3 aromatic rings. The van der Waals surface area contributed by atoms with Gasteiger partial charge in [-0.15, -0.1) is 22.7 Å². The van der Waals surface area contributed by atoms with E-state index in [1.165, 1.54) is 47.3 Å². The molecule has 0 radical (unpaired) electrons. The van der Waals surface area contributed by atoms with E-state index < -0.39 is 0 Å². The minimum atomic E-state index is 0.558. The molecule has 0 spiro atoms. The first-order valence-corrected chi connectivity index (χ1v) is 9.72. The summed E-state index contributed by atoms with van der Waals surface area (Å²) in [5, 5.41) is 0. The molecule has 0 saturated heterocycles. The minimum Gasteiger partial charge on any atom is -0.336 e. The van der Waals surface area contributed by atoms with Crippen LogP contribution in [0.25, 0.3) is 20.4 Å². The fourth-order valence-corrected chi connectivity index (χ4v) is 5.93. The summed E-state index contributed by atoms with van der Waals surface area (Å²) < 4.78 is 7.80. The molecule has 0 saturated carbocycles. The van der Waals surface area contributed by atoms with Crippen LogP contribution in [-0.2, 0) is 0 Å². The van der Waals surface area contributed by atoms with Gasteiger partial charge < -0.3 is 4.57 Å². The average Bonchev–Trinajstić information content (AvgIpc) is 2.96. The van der Waals surface area contributed by atoms with E-state index in [1.54, 1.807) is 0 Å². The Labute approximate surface area is 137 Å². The van der Waals surface area contributed by atoms with Crippen LogP contribution >= 0.6 is 54.5 Å². The van der Waals surface area contributed by atoms with Crippen LogP contribution in [0.4, 0.5) is 0 Å². The largest absolute Gasteiger partial charge is 0.336 e. The predicted octanol–water partition coefficient (Wildman–Crippen LogP) is 7.19. The molecule has 3 heterocycles. The number of thiophene rings is 2. The van der Waals surface area contributed by atoms with E-state index in [9.17, 15) is 0 Å². The molecular weight excluding hydrogens is 406 g/mol. The van der Waals surface area contributed by atoms with Crippen LogP contribution < -0.4 is 0 Å². The maximum atomic E-state index is 3.63. The number of halogens is 2. The van der Waals surface area contributed by atoms with Gasteiger partial charge in [0, 0.05) is 6.04 Å². The quantitative estimate of drug-likeness (QED) is 0.420. The molecule has 5 heteroatoms. The molecule has 19 heavy (non-hydrogen) atoms. The summed E-state index contributed by atoms with van der Waals surface area (Å²) in [4.78, 5) is 0. The third-order valence-corrected chi connectivity index (χ3v) is 6.93. The van der Waals surface area contributed by atoms with Crippen molar-refractivity contribution in [2.75, 3.05) is 0 Å². The number of aromatic nitrogens is 1. The number of rotatable bonds is 4. The standard InChI is InChI=1S/C14H15Br2NS2/c1-3-4-5-8(2)17-9-6-11(15)18-13(9)14-10(17)7-12(16)19-14/h6-8H,3-5H2,1-2H3. The third-order valence-electron chi connectivity index (χ3n) is 3.51. The summed E-state index contributed by atoms with van der Waals surface area (Å²) in [5.74, 6) is 0. The van der Waals surface area contributed by atoms with E-state index >= 15 is 0 Å². The summed E-state index contributed by atoms with van der Waals surface area (Å²) in [6, 6.07) is 5.09. The Morgan fingerprint density at radius 1 is 1.11 bits per heavy atom. The van der Waals surface area contributed by atoms with Gasteiger partial charge in [-0.05, 0) is 57.3 Å². The van der Waals surface area contributed by atoms with Crippen molar-refractivity contribution in [2.45, 2.75) is 39.2 Å². The minimum absolute atomic E-state index is 0.558. The Bertz CT molecular complexity index is 669. The van der Waals surface area contributed by atoms with Crippen molar-refractivity contribution in [1.29, 1.82) is 0 Å². The van der Waals surface area contributed by atoms with E-state index in [4.69, 9.17) is 0 Å². The molecule has 0 aromatic carbocycles. The first kappa shape index (κ1) is 14.1. The number of fused-ring (bicyclic) bond motifs is 3.